The Morgan fingerprint density at radius 1 is 1.45 bits per heavy atom. The maximum atomic E-state index is 12.7. The summed E-state index contributed by atoms with van der Waals surface area (Å²) in [4.78, 5) is 18.6. The Morgan fingerprint density at radius 3 is 2.80 bits per heavy atom. The van der Waals surface area contributed by atoms with Crippen molar-refractivity contribution in [1.29, 1.82) is 0 Å². The lowest BCUT2D eigenvalue weighted by Crippen LogP contribution is -2.54. The largest absolute Gasteiger partial charge is 0.344 e. The molecule has 0 aliphatic carbocycles. The minimum atomic E-state index is -0.304. The van der Waals surface area contributed by atoms with Crippen molar-refractivity contribution >= 4 is 5.91 Å². The molecule has 1 aromatic heterocycles. The van der Waals surface area contributed by atoms with Crippen LogP contribution in [0.5, 0.6) is 0 Å². The van der Waals surface area contributed by atoms with E-state index in [1.807, 2.05) is 24.1 Å². The predicted octanol–water partition coefficient (Wildman–Crippen LogP) is 2.00. The molecule has 20 heavy (non-hydrogen) atoms. The molecule has 0 spiro atoms. The molecule has 1 unspecified atom stereocenters. The van der Waals surface area contributed by atoms with Gasteiger partial charge >= 0.3 is 0 Å². The van der Waals surface area contributed by atoms with Gasteiger partial charge in [-0.2, -0.15) is 0 Å². The number of nitrogens with one attached hydrogen (secondary N) is 1. The van der Waals surface area contributed by atoms with Crippen molar-refractivity contribution in [1.82, 2.24) is 15.2 Å². The van der Waals surface area contributed by atoms with Crippen LogP contribution in [-0.2, 0) is 11.2 Å². The number of carbonyl (C=O) groups is 1. The molecule has 4 nitrogen and oxygen atoms in total. The normalized spacial score (nSPS) is 21.9. The molecule has 2 heterocycles. The van der Waals surface area contributed by atoms with Gasteiger partial charge in [-0.25, -0.2) is 0 Å². The lowest BCUT2D eigenvalue weighted by atomic mass is 9.90. The average molecular weight is 275 g/mol. The van der Waals surface area contributed by atoms with E-state index >= 15 is 0 Å². The molecule has 0 saturated carbocycles. The fourth-order valence-electron chi connectivity index (χ4n) is 3.05. The fourth-order valence-corrected chi connectivity index (χ4v) is 3.05. The summed E-state index contributed by atoms with van der Waals surface area (Å²) in [6.45, 7) is 3.87. The van der Waals surface area contributed by atoms with Crippen LogP contribution in [0.2, 0.25) is 0 Å². The Morgan fingerprint density at radius 2 is 2.20 bits per heavy atom. The van der Waals surface area contributed by atoms with Crippen LogP contribution in [0, 0.1) is 0 Å². The van der Waals surface area contributed by atoms with Crippen LogP contribution in [0.3, 0.4) is 0 Å². The van der Waals surface area contributed by atoms with Gasteiger partial charge in [-0.3, -0.25) is 9.78 Å². The molecule has 0 radical (unpaired) electrons. The van der Waals surface area contributed by atoms with Crippen molar-refractivity contribution in [3.8, 4) is 0 Å². The zero-order chi connectivity index (χ0) is 14.4. The fraction of sp³-hybridized carbons (Fsp3) is 0.625. The number of pyridine rings is 1. The molecule has 1 aliphatic rings. The lowest BCUT2D eigenvalue weighted by molar-refractivity contribution is -0.136. The van der Waals surface area contributed by atoms with Gasteiger partial charge in [-0.1, -0.05) is 13.3 Å². The zero-order valence-electron chi connectivity index (χ0n) is 12.6. The lowest BCUT2D eigenvalue weighted by Gasteiger charge is -2.32. The first-order valence-corrected chi connectivity index (χ1v) is 7.57. The van der Waals surface area contributed by atoms with Crippen molar-refractivity contribution in [3.63, 3.8) is 0 Å². The Hall–Kier alpha value is -1.42. The predicted molar refractivity (Wildman–Crippen MR) is 80.5 cm³/mol. The summed E-state index contributed by atoms with van der Waals surface area (Å²) in [6.07, 6.45) is 8.53. The summed E-state index contributed by atoms with van der Waals surface area (Å²) in [5.41, 5.74) is 0.922. The van der Waals surface area contributed by atoms with E-state index in [2.05, 4.69) is 17.2 Å². The summed E-state index contributed by atoms with van der Waals surface area (Å²) >= 11 is 0. The van der Waals surface area contributed by atoms with Crippen LogP contribution < -0.4 is 5.32 Å². The molecule has 1 atom stereocenters. The highest BCUT2D eigenvalue weighted by Crippen LogP contribution is 2.26. The standard InChI is InChI=1S/C16H25N3O/c1-3-8-16(9-4-10-18-16)15(20)19(2)13-7-14-5-11-17-12-6-14/h5-6,11-12,18H,3-4,7-10,13H2,1-2H3. The van der Waals surface area contributed by atoms with Crippen molar-refractivity contribution < 1.29 is 4.79 Å². The Kier molecular flexibility index (Phi) is 5.12. The summed E-state index contributed by atoms with van der Waals surface area (Å²) in [6, 6.07) is 4.02. The minimum absolute atomic E-state index is 0.255. The van der Waals surface area contributed by atoms with E-state index in [9.17, 15) is 4.79 Å². The molecule has 1 fully saturated rings. The van der Waals surface area contributed by atoms with E-state index in [1.54, 1.807) is 12.4 Å². The van der Waals surface area contributed by atoms with Gasteiger partial charge in [-0.15, -0.1) is 0 Å². The molecule has 1 amide bonds. The molecule has 0 bridgehead atoms. The second kappa shape index (κ2) is 6.84. The van der Waals surface area contributed by atoms with E-state index in [1.165, 1.54) is 5.56 Å². The summed E-state index contributed by atoms with van der Waals surface area (Å²) in [5.74, 6) is 0.255. The quantitative estimate of drug-likeness (QED) is 0.863. The number of likely N-dealkylation sites (N-methyl/N-ethyl adjacent to an activating group) is 1. The van der Waals surface area contributed by atoms with Gasteiger partial charge in [0.05, 0.1) is 5.54 Å². The first-order valence-electron chi connectivity index (χ1n) is 7.57. The van der Waals surface area contributed by atoms with Crippen LogP contribution in [0.1, 0.15) is 38.2 Å². The average Bonchev–Trinajstić information content (AvgIpc) is 2.95. The van der Waals surface area contributed by atoms with Crippen molar-refractivity contribution in [2.45, 2.75) is 44.6 Å². The molecule has 1 N–H and O–H groups in total. The smallest absolute Gasteiger partial charge is 0.242 e. The Labute approximate surface area is 121 Å². The Bertz CT molecular complexity index is 427. The first kappa shape index (κ1) is 15.0. The molecule has 4 heteroatoms. The van der Waals surface area contributed by atoms with Crippen LogP contribution in [0.25, 0.3) is 0 Å². The third kappa shape index (κ3) is 3.37. The highest BCUT2D eigenvalue weighted by molar-refractivity contribution is 5.86. The number of hydrogen-bond acceptors (Lipinski definition) is 3. The third-order valence-electron chi connectivity index (χ3n) is 4.16. The molecular weight excluding hydrogens is 250 g/mol. The summed E-state index contributed by atoms with van der Waals surface area (Å²) < 4.78 is 0. The maximum absolute atomic E-state index is 12.7. The van der Waals surface area contributed by atoms with Gasteiger partial charge < -0.3 is 10.2 Å². The molecular formula is C16H25N3O. The summed E-state index contributed by atoms with van der Waals surface area (Å²) in [7, 11) is 1.92. The highest BCUT2D eigenvalue weighted by atomic mass is 16.2. The SMILES string of the molecule is CCCC1(C(=O)N(C)CCc2ccncc2)CCCN1. The van der Waals surface area contributed by atoms with E-state index in [0.29, 0.717) is 0 Å². The number of amides is 1. The first-order chi connectivity index (χ1) is 9.68. The number of aromatic nitrogens is 1. The number of hydrogen-bond donors (Lipinski definition) is 1. The van der Waals surface area contributed by atoms with Crippen molar-refractivity contribution in [2.75, 3.05) is 20.1 Å². The monoisotopic (exact) mass is 275 g/mol. The van der Waals surface area contributed by atoms with Crippen LogP contribution in [0.4, 0.5) is 0 Å². The molecule has 1 aliphatic heterocycles. The van der Waals surface area contributed by atoms with Gasteiger partial charge in [0, 0.05) is 26.0 Å². The maximum Gasteiger partial charge on any atom is 0.242 e. The van der Waals surface area contributed by atoms with Crippen LogP contribution in [-0.4, -0.2) is 41.5 Å². The van der Waals surface area contributed by atoms with Gasteiger partial charge in [-0.05, 0) is 49.9 Å². The Balaban J connectivity index is 1.93. The number of rotatable bonds is 6. The molecule has 2 rings (SSSR count). The molecule has 0 aromatic carbocycles. The van der Waals surface area contributed by atoms with Gasteiger partial charge in [0.1, 0.15) is 0 Å². The number of carbonyl (C=O) groups excluding carboxylic acids is 1. The van der Waals surface area contributed by atoms with E-state index in [-0.39, 0.29) is 11.4 Å². The second-order valence-electron chi connectivity index (χ2n) is 5.69. The van der Waals surface area contributed by atoms with Gasteiger partial charge in [0.15, 0.2) is 0 Å². The van der Waals surface area contributed by atoms with Crippen LogP contribution in [0.15, 0.2) is 24.5 Å². The van der Waals surface area contributed by atoms with E-state index in [0.717, 1.165) is 45.2 Å². The zero-order valence-corrected chi connectivity index (χ0v) is 12.6. The highest BCUT2D eigenvalue weighted by Gasteiger charge is 2.41. The third-order valence-corrected chi connectivity index (χ3v) is 4.16. The van der Waals surface area contributed by atoms with Gasteiger partial charge in [0.2, 0.25) is 5.91 Å². The molecule has 110 valence electrons. The van der Waals surface area contributed by atoms with Gasteiger partial charge in [0.25, 0.3) is 0 Å². The molecule has 1 aromatic rings. The van der Waals surface area contributed by atoms with Crippen molar-refractivity contribution in [3.05, 3.63) is 30.1 Å². The molecule has 1 saturated heterocycles. The minimum Gasteiger partial charge on any atom is -0.344 e. The van der Waals surface area contributed by atoms with Crippen molar-refractivity contribution in [2.24, 2.45) is 0 Å². The number of nitrogens with zero attached hydrogens (tertiary/aromatic N) is 2. The second-order valence-corrected chi connectivity index (χ2v) is 5.69. The van der Waals surface area contributed by atoms with E-state index < -0.39 is 0 Å². The topological polar surface area (TPSA) is 45.2 Å². The van der Waals surface area contributed by atoms with E-state index in [4.69, 9.17) is 0 Å². The summed E-state index contributed by atoms with van der Waals surface area (Å²) in [5, 5.41) is 3.45. The van der Waals surface area contributed by atoms with Crippen LogP contribution >= 0.6 is 0 Å².